The van der Waals surface area contributed by atoms with Crippen LogP contribution in [0.4, 0.5) is 4.39 Å². The Labute approximate surface area is 172 Å². The number of nitrogens with two attached hydrogens (primary N) is 1. The van der Waals surface area contributed by atoms with Crippen LogP contribution in [0.15, 0.2) is 24.3 Å². The minimum atomic E-state index is -0.301. The van der Waals surface area contributed by atoms with Gasteiger partial charge in [-0.3, -0.25) is 9.59 Å². The van der Waals surface area contributed by atoms with E-state index in [1.807, 2.05) is 6.92 Å². The van der Waals surface area contributed by atoms with Crippen molar-refractivity contribution < 1.29 is 14.0 Å². The highest BCUT2D eigenvalue weighted by atomic mass is 35.5. The molecule has 2 aliphatic carbocycles. The second-order valence-electron chi connectivity index (χ2n) is 7.95. The molecule has 156 valence electrons. The number of hydrogen-bond donors (Lipinski definition) is 2. The Morgan fingerprint density at radius 1 is 1.18 bits per heavy atom. The normalized spacial score (nSPS) is 26.1. The van der Waals surface area contributed by atoms with E-state index >= 15 is 0 Å². The third-order valence-electron chi connectivity index (χ3n) is 6.19. The van der Waals surface area contributed by atoms with Gasteiger partial charge >= 0.3 is 0 Å². The molecule has 2 aliphatic rings. The van der Waals surface area contributed by atoms with Crippen molar-refractivity contribution >= 4 is 24.2 Å². The highest BCUT2D eigenvalue weighted by Gasteiger charge is 2.41. The summed E-state index contributed by atoms with van der Waals surface area (Å²) in [7, 11) is 0. The van der Waals surface area contributed by atoms with Crippen molar-refractivity contribution in [3.05, 3.63) is 35.6 Å². The Morgan fingerprint density at radius 3 is 2.36 bits per heavy atom. The molecule has 0 aliphatic heterocycles. The van der Waals surface area contributed by atoms with Crippen molar-refractivity contribution in [2.45, 2.75) is 51.6 Å². The maximum atomic E-state index is 13.0. The van der Waals surface area contributed by atoms with Gasteiger partial charge in [0.15, 0.2) is 0 Å². The molecule has 2 fully saturated rings. The number of benzene rings is 1. The number of fused-ring (bicyclic) bond motifs is 2. The fraction of sp³-hybridized carbons (Fsp3) is 0.619. The predicted octanol–water partition coefficient (Wildman–Crippen LogP) is 2.87. The molecule has 1 aromatic carbocycles. The minimum Gasteiger partial charge on any atom is -0.350 e. The van der Waals surface area contributed by atoms with E-state index in [1.54, 1.807) is 17.0 Å². The first-order valence-corrected chi connectivity index (χ1v) is 10.0. The molecule has 2 bridgehead atoms. The number of nitrogens with zero attached hydrogens (tertiary/aromatic N) is 1. The van der Waals surface area contributed by atoms with Gasteiger partial charge in [0.2, 0.25) is 11.8 Å². The summed E-state index contributed by atoms with van der Waals surface area (Å²) >= 11 is 0. The fourth-order valence-corrected chi connectivity index (χ4v) is 4.63. The van der Waals surface area contributed by atoms with Crippen LogP contribution in [-0.2, 0) is 16.1 Å². The van der Waals surface area contributed by atoms with Gasteiger partial charge < -0.3 is 16.0 Å². The fourth-order valence-electron chi connectivity index (χ4n) is 4.63. The Morgan fingerprint density at radius 2 is 1.79 bits per heavy atom. The minimum absolute atomic E-state index is 0. The lowest BCUT2D eigenvalue weighted by Gasteiger charge is -2.44. The lowest BCUT2D eigenvalue weighted by molar-refractivity contribution is -0.141. The van der Waals surface area contributed by atoms with E-state index in [2.05, 4.69) is 5.32 Å². The molecule has 0 heterocycles. The number of hydrogen-bond acceptors (Lipinski definition) is 3. The summed E-state index contributed by atoms with van der Waals surface area (Å²) in [6, 6.07) is 6.25. The zero-order chi connectivity index (χ0) is 19.4. The summed E-state index contributed by atoms with van der Waals surface area (Å²) in [4.78, 5) is 26.9. The van der Waals surface area contributed by atoms with Crippen molar-refractivity contribution in [3.8, 4) is 0 Å². The van der Waals surface area contributed by atoms with Gasteiger partial charge in [0, 0.05) is 25.0 Å². The molecule has 0 saturated heterocycles. The van der Waals surface area contributed by atoms with Crippen LogP contribution in [0.2, 0.25) is 0 Å². The monoisotopic (exact) mass is 411 g/mol. The molecule has 7 heteroatoms. The van der Waals surface area contributed by atoms with E-state index in [1.165, 1.54) is 18.6 Å². The summed E-state index contributed by atoms with van der Waals surface area (Å²) in [6.07, 6.45) is 5.15. The Hall–Kier alpha value is -1.66. The van der Waals surface area contributed by atoms with Crippen LogP contribution >= 0.6 is 12.4 Å². The van der Waals surface area contributed by atoms with Crippen molar-refractivity contribution in [2.24, 2.45) is 23.5 Å². The molecule has 1 aromatic rings. The Bertz CT molecular complexity index is 656. The first kappa shape index (κ1) is 22.6. The topological polar surface area (TPSA) is 75.4 Å². The van der Waals surface area contributed by atoms with Gasteiger partial charge in [-0.2, -0.15) is 0 Å². The molecule has 0 spiro atoms. The van der Waals surface area contributed by atoms with Crippen LogP contribution < -0.4 is 11.1 Å². The summed E-state index contributed by atoms with van der Waals surface area (Å²) in [6.45, 7) is 2.81. The van der Waals surface area contributed by atoms with Crippen LogP contribution in [-0.4, -0.2) is 35.8 Å². The first-order chi connectivity index (χ1) is 13.0. The predicted molar refractivity (Wildman–Crippen MR) is 109 cm³/mol. The molecule has 2 atom stereocenters. The molecule has 2 saturated carbocycles. The van der Waals surface area contributed by atoms with Crippen LogP contribution in [0.1, 0.15) is 44.6 Å². The third-order valence-corrected chi connectivity index (χ3v) is 6.19. The number of carbonyl (C=O) groups excluding carboxylic acids is 2. The zero-order valence-corrected chi connectivity index (χ0v) is 17.2. The average molecular weight is 412 g/mol. The van der Waals surface area contributed by atoms with Crippen molar-refractivity contribution in [3.63, 3.8) is 0 Å². The highest BCUT2D eigenvalue weighted by molar-refractivity contribution is 5.86. The molecule has 2 unspecified atom stereocenters. The second kappa shape index (κ2) is 10.2. The molecular formula is C21H31ClFN3O2. The van der Waals surface area contributed by atoms with Crippen molar-refractivity contribution in [2.75, 3.05) is 13.1 Å². The van der Waals surface area contributed by atoms with E-state index < -0.39 is 0 Å². The van der Waals surface area contributed by atoms with Crippen LogP contribution in [0.3, 0.4) is 0 Å². The lowest BCUT2D eigenvalue weighted by atomic mass is 9.65. The average Bonchev–Trinajstić information content (AvgIpc) is 2.65. The Balaban J connectivity index is 0.00000280. The maximum Gasteiger partial charge on any atom is 0.239 e. The summed E-state index contributed by atoms with van der Waals surface area (Å²) in [5.74, 6) is 0.463. The van der Waals surface area contributed by atoms with Gasteiger partial charge in [-0.1, -0.05) is 18.6 Å². The van der Waals surface area contributed by atoms with Gasteiger partial charge in [-0.25, -0.2) is 4.39 Å². The molecule has 0 aromatic heterocycles. The molecule has 0 radical (unpaired) electrons. The van der Waals surface area contributed by atoms with Gasteiger partial charge in [-0.15, -0.1) is 12.4 Å². The number of amides is 2. The zero-order valence-electron chi connectivity index (χ0n) is 16.4. The summed E-state index contributed by atoms with van der Waals surface area (Å²) in [5.41, 5.74) is 7.15. The maximum absolute atomic E-state index is 13.0. The van der Waals surface area contributed by atoms with Crippen LogP contribution in [0.5, 0.6) is 0 Å². The molecule has 5 nitrogen and oxygen atoms in total. The van der Waals surface area contributed by atoms with E-state index in [0.717, 1.165) is 31.2 Å². The number of carbonyl (C=O) groups is 2. The van der Waals surface area contributed by atoms with E-state index in [0.29, 0.717) is 24.9 Å². The van der Waals surface area contributed by atoms with Crippen molar-refractivity contribution in [1.29, 1.82) is 0 Å². The molecular weight excluding hydrogens is 381 g/mol. The SMILES string of the molecule is CCN(CC(=O)NCc1ccc(F)cc1)C(=O)C1CC2CCCC(C1)C2N.Cl. The highest BCUT2D eigenvalue weighted by Crippen LogP contribution is 2.42. The number of rotatable bonds is 6. The van der Waals surface area contributed by atoms with Gasteiger partial charge in [0.05, 0.1) is 6.54 Å². The third kappa shape index (κ3) is 5.45. The standard InChI is InChI=1S/C21H30FN3O2.ClH/c1-2-25(13-19(26)24-12-14-6-8-18(22)9-7-14)21(27)17-10-15-4-3-5-16(11-17)20(15)23;/h6-9,15-17,20H,2-5,10-13,23H2,1H3,(H,24,26);1H. The smallest absolute Gasteiger partial charge is 0.239 e. The number of likely N-dealkylation sites (N-methyl/N-ethyl adjacent to an activating group) is 1. The first-order valence-electron chi connectivity index (χ1n) is 10.0. The summed E-state index contributed by atoms with van der Waals surface area (Å²) < 4.78 is 12.9. The van der Waals surface area contributed by atoms with Gasteiger partial charge in [0.1, 0.15) is 5.82 Å². The number of halogens is 2. The van der Waals surface area contributed by atoms with E-state index in [4.69, 9.17) is 5.73 Å². The van der Waals surface area contributed by atoms with Gasteiger partial charge in [0.25, 0.3) is 0 Å². The number of nitrogens with one attached hydrogen (secondary N) is 1. The Kier molecular flexibility index (Phi) is 8.25. The van der Waals surface area contributed by atoms with E-state index in [9.17, 15) is 14.0 Å². The van der Waals surface area contributed by atoms with Crippen molar-refractivity contribution in [1.82, 2.24) is 10.2 Å². The van der Waals surface area contributed by atoms with Crippen LogP contribution in [0, 0.1) is 23.6 Å². The second-order valence-corrected chi connectivity index (χ2v) is 7.95. The van der Waals surface area contributed by atoms with Gasteiger partial charge in [-0.05, 0) is 62.1 Å². The lowest BCUT2D eigenvalue weighted by Crippen LogP contribution is -2.50. The summed E-state index contributed by atoms with van der Waals surface area (Å²) in [5, 5.41) is 2.81. The molecule has 3 N–H and O–H groups in total. The quantitative estimate of drug-likeness (QED) is 0.755. The molecule has 2 amide bonds. The van der Waals surface area contributed by atoms with Crippen LogP contribution in [0.25, 0.3) is 0 Å². The largest absolute Gasteiger partial charge is 0.350 e. The molecule has 28 heavy (non-hydrogen) atoms. The molecule has 3 rings (SSSR count). The van der Waals surface area contributed by atoms with E-state index in [-0.39, 0.29) is 48.5 Å².